The van der Waals surface area contributed by atoms with Crippen LogP contribution in [0.25, 0.3) is 0 Å². The molecule has 0 atom stereocenters. The van der Waals surface area contributed by atoms with E-state index < -0.39 is 25.2 Å². The molecule has 210 valence electrons. The van der Waals surface area contributed by atoms with Crippen LogP contribution in [0.3, 0.4) is 0 Å². The van der Waals surface area contributed by atoms with E-state index in [0.29, 0.717) is 0 Å². The van der Waals surface area contributed by atoms with Crippen LogP contribution in [-0.4, -0.2) is 54.7 Å². The number of benzene rings is 1. The van der Waals surface area contributed by atoms with Gasteiger partial charge in [-0.15, -0.1) is 0 Å². The monoisotopic (exact) mass is 530 g/mol. The maximum absolute atomic E-state index is 11.9. The second kappa shape index (κ2) is 17.4. The molecule has 0 radical (unpaired) electrons. The van der Waals surface area contributed by atoms with Gasteiger partial charge in [0.25, 0.3) is 0 Å². The van der Waals surface area contributed by atoms with Gasteiger partial charge in [-0.3, -0.25) is 0 Å². The molecule has 0 amide bonds. The van der Waals surface area contributed by atoms with Crippen LogP contribution in [0.1, 0.15) is 57.4 Å². The first kappa shape index (κ1) is 31.1. The summed E-state index contributed by atoms with van der Waals surface area (Å²) >= 11 is 0. The normalized spacial score (nSPS) is 17.3. The molecule has 0 aromatic heterocycles. The molecular formula is C30H42O8. The molecule has 1 aromatic carbocycles. The van der Waals surface area contributed by atoms with Gasteiger partial charge in [0.05, 0.1) is 43.7 Å². The van der Waals surface area contributed by atoms with Crippen LogP contribution in [-0.2, 0) is 30.2 Å². The molecule has 0 heterocycles. The Bertz CT molecular complexity index is 881. The van der Waals surface area contributed by atoms with E-state index in [1.54, 1.807) is 12.5 Å². The van der Waals surface area contributed by atoms with E-state index in [9.17, 15) is 9.59 Å². The molecule has 2 rings (SSSR count). The van der Waals surface area contributed by atoms with E-state index in [4.69, 9.17) is 29.2 Å². The summed E-state index contributed by atoms with van der Waals surface area (Å²) in [4.78, 5) is 23.9. The van der Waals surface area contributed by atoms with Gasteiger partial charge in [-0.2, -0.15) is 0 Å². The second-order valence-corrected chi connectivity index (χ2v) is 9.64. The number of carbonyl (C=O) groups is 2. The summed E-state index contributed by atoms with van der Waals surface area (Å²) in [7, 11) is 0. The Morgan fingerprint density at radius 3 is 2.03 bits per heavy atom. The predicted octanol–water partition coefficient (Wildman–Crippen LogP) is 4.64. The SMILES string of the molecule is C=C(CO)C(=O)OCC(COC(=O)C(=C)CO)C1CCC(O/C=C\Oc2ccc(CCCCC)cc2)CC1. The minimum Gasteiger partial charge on any atom is -0.495 e. The Labute approximate surface area is 225 Å². The second-order valence-electron chi connectivity index (χ2n) is 9.64. The molecule has 8 nitrogen and oxygen atoms in total. The number of rotatable bonds is 17. The fourth-order valence-electron chi connectivity index (χ4n) is 4.28. The number of hydrogen-bond acceptors (Lipinski definition) is 8. The number of carbonyl (C=O) groups excluding carboxylic acids is 2. The smallest absolute Gasteiger partial charge is 0.335 e. The van der Waals surface area contributed by atoms with Crippen LogP contribution in [0.2, 0.25) is 0 Å². The van der Waals surface area contributed by atoms with Gasteiger partial charge in [0.2, 0.25) is 0 Å². The molecule has 0 spiro atoms. The Hall–Kier alpha value is -3.10. The lowest BCUT2D eigenvalue weighted by Crippen LogP contribution is -2.32. The number of aliphatic hydroxyl groups is 2. The lowest BCUT2D eigenvalue weighted by Gasteiger charge is -2.33. The largest absolute Gasteiger partial charge is 0.495 e. The molecule has 2 N–H and O–H groups in total. The molecule has 1 saturated carbocycles. The molecule has 0 saturated heterocycles. The Morgan fingerprint density at radius 2 is 1.50 bits per heavy atom. The highest BCUT2D eigenvalue weighted by Gasteiger charge is 2.30. The minimum absolute atomic E-state index is 0.0259. The van der Waals surface area contributed by atoms with Crippen molar-refractivity contribution < 1.29 is 38.7 Å². The molecule has 38 heavy (non-hydrogen) atoms. The van der Waals surface area contributed by atoms with Gasteiger partial charge >= 0.3 is 11.9 Å². The van der Waals surface area contributed by atoms with Crippen molar-refractivity contribution in [3.8, 4) is 5.75 Å². The molecule has 1 aliphatic carbocycles. The quantitative estimate of drug-likeness (QED) is 0.130. The number of unbranched alkanes of at least 4 members (excludes halogenated alkanes) is 2. The first-order chi connectivity index (χ1) is 18.4. The zero-order chi connectivity index (χ0) is 27.8. The molecule has 0 bridgehead atoms. The van der Waals surface area contributed by atoms with E-state index in [0.717, 1.165) is 37.9 Å². The molecule has 1 fully saturated rings. The summed E-state index contributed by atoms with van der Waals surface area (Å²) in [5.41, 5.74) is 1.23. The predicted molar refractivity (Wildman–Crippen MR) is 144 cm³/mol. The van der Waals surface area contributed by atoms with Crippen molar-refractivity contribution in [1.82, 2.24) is 0 Å². The zero-order valence-electron chi connectivity index (χ0n) is 22.4. The average molecular weight is 531 g/mol. The third kappa shape index (κ3) is 11.1. The van der Waals surface area contributed by atoms with Crippen molar-refractivity contribution in [2.45, 2.75) is 64.4 Å². The van der Waals surface area contributed by atoms with Crippen LogP contribution in [0.15, 0.2) is 61.1 Å². The van der Waals surface area contributed by atoms with Crippen LogP contribution in [0.5, 0.6) is 5.75 Å². The summed E-state index contributed by atoms with van der Waals surface area (Å²) in [6, 6.07) is 8.10. The third-order valence-corrected chi connectivity index (χ3v) is 6.72. The molecular weight excluding hydrogens is 488 g/mol. The average Bonchev–Trinajstić information content (AvgIpc) is 2.95. The summed E-state index contributed by atoms with van der Waals surface area (Å²) in [5.74, 6) is -0.719. The van der Waals surface area contributed by atoms with Gasteiger partial charge < -0.3 is 29.2 Å². The topological polar surface area (TPSA) is 112 Å². The summed E-state index contributed by atoms with van der Waals surface area (Å²) < 4.78 is 22.1. The van der Waals surface area contributed by atoms with E-state index >= 15 is 0 Å². The van der Waals surface area contributed by atoms with Crippen LogP contribution in [0, 0.1) is 11.8 Å². The summed E-state index contributed by atoms with van der Waals surface area (Å²) in [5, 5.41) is 18.2. The number of aryl methyl sites for hydroxylation is 1. The highest BCUT2D eigenvalue weighted by Crippen LogP contribution is 2.32. The standard InChI is InChI=1S/C30H42O8/c1-4-5-6-7-24-8-12-27(13-9-24)35-16-17-36-28-14-10-25(11-15-28)26(20-37-29(33)22(2)18-31)21-38-30(34)23(3)19-32/h8-9,12-13,16-17,25-26,28,31-32H,2-7,10-11,14-15,18-21H2,1H3/b17-16-. The van der Waals surface area contributed by atoms with Crippen LogP contribution >= 0.6 is 0 Å². The van der Waals surface area contributed by atoms with E-state index in [-0.39, 0.29) is 42.3 Å². The maximum Gasteiger partial charge on any atom is 0.335 e. The van der Waals surface area contributed by atoms with E-state index in [2.05, 4.69) is 32.2 Å². The molecule has 1 aromatic rings. The van der Waals surface area contributed by atoms with Crippen molar-refractivity contribution in [1.29, 1.82) is 0 Å². The third-order valence-electron chi connectivity index (χ3n) is 6.72. The van der Waals surface area contributed by atoms with Crippen molar-refractivity contribution in [3.63, 3.8) is 0 Å². The molecule has 1 aliphatic rings. The lowest BCUT2D eigenvalue weighted by molar-refractivity contribution is -0.146. The van der Waals surface area contributed by atoms with Gasteiger partial charge in [-0.1, -0.05) is 45.1 Å². The van der Waals surface area contributed by atoms with Gasteiger partial charge in [0.1, 0.15) is 18.3 Å². The fourth-order valence-corrected chi connectivity index (χ4v) is 4.28. The van der Waals surface area contributed by atoms with Gasteiger partial charge in [-0.25, -0.2) is 9.59 Å². The van der Waals surface area contributed by atoms with Crippen LogP contribution in [0.4, 0.5) is 0 Å². The maximum atomic E-state index is 11.9. The number of ether oxygens (including phenoxy) is 4. The Kier molecular flexibility index (Phi) is 14.3. The Balaban J connectivity index is 1.80. The molecule has 0 unspecified atom stereocenters. The number of esters is 2. The van der Waals surface area contributed by atoms with Crippen molar-refractivity contribution in [3.05, 3.63) is 66.7 Å². The highest BCUT2D eigenvalue weighted by atomic mass is 16.5. The highest BCUT2D eigenvalue weighted by molar-refractivity contribution is 5.88. The van der Waals surface area contributed by atoms with E-state index in [1.807, 2.05) is 12.1 Å². The molecule has 0 aliphatic heterocycles. The van der Waals surface area contributed by atoms with Gasteiger partial charge in [0, 0.05) is 5.92 Å². The first-order valence-corrected chi connectivity index (χ1v) is 13.3. The summed E-state index contributed by atoms with van der Waals surface area (Å²) in [6.45, 7) is 8.22. The van der Waals surface area contributed by atoms with Gasteiger partial charge in [0.15, 0.2) is 0 Å². The zero-order valence-corrected chi connectivity index (χ0v) is 22.4. The van der Waals surface area contributed by atoms with Crippen molar-refractivity contribution >= 4 is 11.9 Å². The Morgan fingerprint density at radius 1 is 0.921 bits per heavy atom. The number of hydrogen-bond donors (Lipinski definition) is 2. The number of aliphatic hydroxyl groups excluding tert-OH is 2. The lowest BCUT2D eigenvalue weighted by atomic mass is 9.79. The summed E-state index contributed by atoms with van der Waals surface area (Å²) in [6.07, 6.45) is 11.0. The fraction of sp³-hybridized carbons (Fsp3) is 0.533. The first-order valence-electron chi connectivity index (χ1n) is 13.3. The minimum atomic E-state index is -0.683. The van der Waals surface area contributed by atoms with Crippen molar-refractivity contribution in [2.24, 2.45) is 11.8 Å². The van der Waals surface area contributed by atoms with E-state index in [1.165, 1.54) is 24.8 Å². The van der Waals surface area contributed by atoms with Crippen LogP contribution < -0.4 is 4.74 Å². The molecule has 8 heteroatoms. The van der Waals surface area contributed by atoms with Crippen molar-refractivity contribution in [2.75, 3.05) is 26.4 Å². The van der Waals surface area contributed by atoms with Gasteiger partial charge in [-0.05, 0) is 62.1 Å².